The Bertz CT molecular complexity index is 636. The van der Waals surface area contributed by atoms with E-state index in [1.54, 1.807) is 0 Å². The topological polar surface area (TPSA) is 56.7 Å². The van der Waals surface area contributed by atoms with Gasteiger partial charge in [-0.15, -0.1) is 0 Å². The van der Waals surface area contributed by atoms with Crippen LogP contribution in [0.2, 0.25) is 5.02 Å². The predicted molar refractivity (Wildman–Crippen MR) is 85.0 cm³/mol. The second-order valence-electron chi connectivity index (χ2n) is 4.76. The van der Waals surface area contributed by atoms with Gasteiger partial charge in [0.25, 0.3) is 0 Å². The fraction of sp³-hybridized carbons (Fsp3) is 0.286. The van der Waals surface area contributed by atoms with Crippen molar-refractivity contribution in [2.45, 2.75) is 0 Å². The van der Waals surface area contributed by atoms with E-state index in [-0.39, 0.29) is 4.88 Å². The summed E-state index contributed by atoms with van der Waals surface area (Å²) in [5.74, 6) is -0.918. The lowest BCUT2D eigenvalue weighted by Gasteiger charge is -2.36. The summed E-state index contributed by atoms with van der Waals surface area (Å²) < 4.78 is 0. The van der Waals surface area contributed by atoms with Crippen LogP contribution in [-0.4, -0.2) is 42.2 Å². The van der Waals surface area contributed by atoms with Crippen molar-refractivity contribution >= 4 is 39.7 Å². The monoisotopic (exact) mass is 323 g/mol. The number of carboxylic acid groups (broad SMARTS) is 1. The van der Waals surface area contributed by atoms with Gasteiger partial charge < -0.3 is 14.9 Å². The van der Waals surface area contributed by atoms with Gasteiger partial charge in [-0.2, -0.15) is 0 Å². The number of nitrogens with zero attached hydrogens (tertiary/aromatic N) is 3. The summed E-state index contributed by atoms with van der Waals surface area (Å²) in [4.78, 5) is 19.8. The van der Waals surface area contributed by atoms with Crippen LogP contribution in [0.3, 0.4) is 0 Å². The molecule has 21 heavy (non-hydrogen) atoms. The molecule has 110 valence electrons. The molecule has 0 saturated carbocycles. The number of hydrogen-bond donors (Lipinski definition) is 1. The number of carbonyl (C=O) groups is 1. The predicted octanol–water partition coefficient (Wildman–Crippen LogP) is 2.82. The lowest BCUT2D eigenvalue weighted by Crippen LogP contribution is -2.46. The van der Waals surface area contributed by atoms with Crippen LogP contribution in [0.15, 0.2) is 30.5 Å². The van der Waals surface area contributed by atoms with Gasteiger partial charge >= 0.3 is 5.97 Å². The number of thiazole rings is 1. The molecule has 0 unspecified atom stereocenters. The molecule has 5 nitrogen and oxygen atoms in total. The minimum atomic E-state index is -0.918. The van der Waals surface area contributed by atoms with Gasteiger partial charge in [0.2, 0.25) is 0 Å². The molecule has 2 aromatic rings. The highest BCUT2D eigenvalue weighted by molar-refractivity contribution is 7.17. The second kappa shape index (κ2) is 5.91. The molecule has 1 N–H and O–H groups in total. The quantitative estimate of drug-likeness (QED) is 0.941. The van der Waals surface area contributed by atoms with E-state index in [4.69, 9.17) is 16.7 Å². The molecule has 1 aromatic carbocycles. The van der Waals surface area contributed by atoms with Gasteiger partial charge in [0.05, 0.1) is 6.20 Å². The Morgan fingerprint density at radius 2 is 1.76 bits per heavy atom. The molecule has 1 aliphatic rings. The summed E-state index contributed by atoms with van der Waals surface area (Å²) in [6.45, 7) is 3.41. The van der Waals surface area contributed by atoms with E-state index in [1.165, 1.54) is 17.5 Å². The van der Waals surface area contributed by atoms with Gasteiger partial charge in [-0.1, -0.05) is 22.9 Å². The normalized spacial score (nSPS) is 15.3. The minimum Gasteiger partial charge on any atom is -0.477 e. The van der Waals surface area contributed by atoms with Crippen molar-refractivity contribution in [1.29, 1.82) is 0 Å². The number of aromatic nitrogens is 1. The third-order valence-electron chi connectivity index (χ3n) is 3.45. The van der Waals surface area contributed by atoms with Crippen molar-refractivity contribution in [3.63, 3.8) is 0 Å². The lowest BCUT2D eigenvalue weighted by atomic mass is 10.2. The number of hydrogen-bond acceptors (Lipinski definition) is 5. The molecule has 0 radical (unpaired) electrons. The highest BCUT2D eigenvalue weighted by Crippen LogP contribution is 2.25. The molecule has 1 saturated heterocycles. The molecule has 1 aromatic heterocycles. The molecular weight excluding hydrogens is 310 g/mol. The standard InChI is InChI=1S/C14H14ClN3O2S/c15-10-1-3-11(4-2-10)17-5-7-18(8-6-17)14-16-9-12(21-14)13(19)20/h1-4,9H,5-8H2,(H,19,20). The van der Waals surface area contributed by atoms with E-state index in [0.29, 0.717) is 0 Å². The Hall–Kier alpha value is -1.79. The molecule has 3 rings (SSSR count). The highest BCUT2D eigenvalue weighted by Gasteiger charge is 2.20. The molecule has 0 amide bonds. The first-order chi connectivity index (χ1) is 10.1. The summed E-state index contributed by atoms with van der Waals surface area (Å²) in [6.07, 6.45) is 1.42. The van der Waals surface area contributed by atoms with Crippen molar-refractivity contribution in [2.75, 3.05) is 36.0 Å². The second-order valence-corrected chi connectivity index (χ2v) is 6.21. The lowest BCUT2D eigenvalue weighted by molar-refractivity contribution is 0.0702. The molecule has 0 bridgehead atoms. The average molecular weight is 324 g/mol. The zero-order chi connectivity index (χ0) is 14.8. The number of carboxylic acids is 1. The van der Waals surface area contributed by atoms with Crippen LogP contribution in [-0.2, 0) is 0 Å². The van der Waals surface area contributed by atoms with Crippen LogP contribution in [0.25, 0.3) is 0 Å². The Labute approximate surface area is 131 Å². The van der Waals surface area contributed by atoms with Crippen LogP contribution in [0.4, 0.5) is 10.8 Å². The van der Waals surface area contributed by atoms with E-state index in [0.717, 1.165) is 42.0 Å². The SMILES string of the molecule is O=C(O)c1cnc(N2CCN(c3ccc(Cl)cc3)CC2)s1. The van der Waals surface area contributed by atoms with Crippen LogP contribution in [0, 0.1) is 0 Å². The summed E-state index contributed by atoms with van der Waals surface area (Å²) in [5, 5.41) is 10.5. The van der Waals surface area contributed by atoms with Crippen LogP contribution < -0.4 is 9.80 Å². The van der Waals surface area contributed by atoms with Crippen molar-refractivity contribution in [1.82, 2.24) is 4.98 Å². The number of benzene rings is 1. The number of rotatable bonds is 3. The largest absolute Gasteiger partial charge is 0.477 e. The smallest absolute Gasteiger partial charge is 0.347 e. The third kappa shape index (κ3) is 3.11. The maximum absolute atomic E-state index is 10.9. The Morgan fingerprint density at radius 1 is 1.14 bits per heavy atom. The van der Waals surface area contributed by atoms with Crippen molar-refractivity contribution < 1.29 is 9.90 Å². The Morgan fingerprint density at radius 3 is 2.33 bits per heavy atom. The Balaban J connectivity index is 1.64. The fourth-order valence-corrected chi connectivity index (χ4v) is 3.25. The van der Waals surface area contributed by atoms with Crippen molar-refractivity contribution in [3.05, 3.63) is 40.4 Å². The van der Waals surface area contributed by atoms with Crippen LogP contribution >= 0.6 is 22.9 Å². The van der Waals surface area contributed by atoms with E-state index in [9.17, 15) is 4.79 Å². The number of halogens is 1. The van der Waals surface area contributed by atoms with Gasteiger partial charge in [-0.25, -0.2) is 9.78 Å². The molecule has 0 spiro atoms. The summed E-state index contributed by atoms with van der Waals surface area (Å²) in [6, 6.07) is 7.82. The van der Waals surface area contributed by atoms with E-state index < -0.39 is 5.97 Å². The van der Waals surface area contributed by atoms with Crippen LogP contribution in [0.1, 0.15) is 9.67 Å². The first-order valence-electron chi connectivity index (χ1n) is 6.58. The minimum absolute atomic E-state index is 0.283. The molecule has 7 heteroatoms. The third-order valence-corrected chi connectivity index (χ3v) is 4.74. The molecular formula is C14H14ClN3O2S. The first-order valence-corrected chi connectivity index (χ1v) is 7.77. The van der Waals surface area contributed by atoms with Crippen molar-refractivity contribution in [2.24, 2.45) is 0 Å². The summed E-state index contributed by atoms with van der Waals surface area (Å²) >= 11 is 7.13. The van der Waals surface area contributed by atoms with Gasteiger partial charge in [0.1, 0.15) is 4.88 Å². The summed E-state index contributed by atoms with van der Waals surface area (Å²) in [7, 11) is 0. The maximum atomic E-state index is 10.9. The zero-order valence-electron chi connectivity index (χ0n) is 11.2. The number of piperazine rings is 1. The van der Waals surface area contributed by atoms with Gasteiger partial charge in [-0.05, 0) is 24.3 Å². The maximum Gasteiger partial charge on any atom is 0.347 e. The fourth-order valence-electron chi connectivity index (χ4n) is 2.32. The number of anilines is 2. The Kier molecular flexibility index (Phi) is 3.98. The van der Waals surface area contributed by atoms with E-state index >= 15 is 0 Å². The molecule has 1 aliphatic heterocycles. The van der Waals surface area contributed by atoms with Gasteiger partial charge in [0.15, 0.2) is 5.13 Å². The van der Waals surface area contributed by atoms with E-state index in [2.05, 4.69) is 14.8 Å². The van der Waals surface area contributed by atoms with Gasteiger partial charge in [0, 0.05) is 36.9 Å². The highest BCUT2D eigenvalue weighted by atomic mass is 35.5. The van der Waals surface area contributed by atoms with E-state index in [1.807, 2.05) is 24.3 Å². The van der Waals surface area contributed by atoms with Gasteiger partial charge in [-0.3, -0.25) is 0 Å². The molecule has 0 aliphatic carbocycles. The number of aromatic carboxylic acids is 1. The average Bonchev–Trinajstić information content (AvgIpc) is 2.98. The van der Waals surface area contributed by atoms with Crippen LogP contribution in [0.5, 0.6) is 0 Å². The molecule has 2 heterocycles. The first kappa shape index (κ1) is 14.2. The molecule has 0 atom stereocenters. The van der Waals surface area contributed by atoms with Crippen molar-refractivity contribution in [3.8, 4) is 0 Å². The zero-order valence-corrected chi connectivity index (χ0v) is 12.8. The summed E-state index contributed by atoms with van der Waals surface area (Å²) in [5.41, 5.74) is 1.16. The molecule has 1 fully saturated rings.